The molecule has 4 rings (SSSR count). The molecule has 29 heavy (non-hydrogen) atoms. The number of ether oxygens (including phenoxy) is 2. The Bertz CT molecular complexity index is 1160. The fraction of sp³-hybridized carbons (Fsp3) is 0.190. The van der Waals surface area contributed by atoms with Gasteiger partial charge < -0.3 is 14.0 Å². The number of hydrogen-bond acceptors (Lipinski definition) is 6. The van der Waals surface area contributed by atoms with Crippen LogP contribution in [0.25, 0.3) is 11.0 Å². The number of benzene rings is 2. The van der Waals surface area contributed by atoms with E-state index < -0.39 is 0 Å². The molecule has 0 radical (unpaired) electrons. The van der Waals surface area contributed by atoms with Gasteiger partial charge in [0.2, 0.25) is 0 Å². The van der Waals surface area contributed by atoms with E-state index in [-0.39, 0.29) is 5.91 Å². The summed E-state index contributed by atoms with van der Waals surface area (Å²) in [6, 6.07) is 12.6. The molecule has 0 aliphatic heterocycles. The molecule has 0 fully saturated rings. The molecule has 0 bridgehead atoms. The molecule has 8 heteroatoms. The van der Waals surface area contributed by atoms with Crippen molar-refractivity contribution >= 4 is 16.9 Å². The lowest BCUT2D eigenvalue weighted by Gasteiger charge is -2.13. The molecule has 0 aliphatic carbocycles. The van der Waals surface area contributed by atoms with Crippen molar-refractivity contribution in [3.8, 4) is 11.5 Å². The van der Waals surface area contributed by atoms with Crippen LogP contribution in [0, 0.1) is 13.8 Å². The number of methoxy groups -OCH3 is 1. The summed E-state index contributed by atoms with van der Waals surface area (Å²) in [5, 5.41) is 3.92. The number of hydrogen-bond donors (Lipinski definition) is 1. The standard InChI is InChI=1S/C21H20N4O4/c1-13-16(14(2)29-24-13)11-28-19-9-8-15(10-20(19)27-3)21(26)23-25-12-22-17-6-4-5-7-18(17)25/h4-10,12H,11H2,1-3H3,(H,23,26). The maximum absolute atomic E-state index is 12.7. The minimum atomic E-state index is -0.288. The van der Waals surface area contributed by atoms with Crippen molar-refractivity contribution in [2.75, 3.05) is 12.5 Å². The number of rotatable bonds is 6. The third kappa shape index (κ3) is 3.64. The number of nitrogens with zero attached hydrogens (tertiary/aromatic N) is 3. The average Bonchev–Trinajstić information content (AvgIpc) is 3.29. The minimum Gasteiger partial charge on any atom is -0.493 e. The van der Waals surface area contributed by atoms with Crippen molar-refractivity contribution in [2.45, 2.75) is 20.5 Å². The predicted molar refractivity (Wildman–Crippen MR) is 107 cm³/mol. The first-order chi connectivity index (χ1) is 14.1. The van der Waals surface area contributed by atoms with Crippen LogP contribution >= 0.6 is 0 Å². The van der Waals surface area contributed by atoms with Gasteiger partial charge in [-0.15, -0.1) is 0 Å². The Balaban J connectivity index is 1.52. The number of nitrogens with one attached hydrogen (secondary N) is 1. The topological polar surface area (TPSA) is 91.4 Å². The van der Waals surface area contributed by atoms with Crippen LogP contribution in [0.2, 0.25) is 0 Å². The molecule has 0 atom stereocenters. The Hall–Kier alpha value is -3.81. The Labute approximate surface area is 167 Å². The van der Waals surface area contributed by atoms with E-state index in [2.05, 4.69) is 15.6 Å². The van der Waals surface area contributed by atoms with Crippen LogP contribution in [0.3, 0.4) is 0 Å². The van der Waals surface area contributed by atoms with Gasteiger partial charge in [-0.25, -0.2) is 9.66 Å². The summed E-state index contributed by atoms with van der Waals surface area (Å²) in [4.78, 5) is 17.0. The number of aromatic nitrogens is 3. The van der Waals surface area contributed by atoms with E-state index in [0.29, 0.717) is 29.4 Å². The zero-order valence-corrected chi connectivity index (χ0v) is 16.3. The lowest BCUT2D eigenvalue weighted by atomic mass is 10.2. The molecule has 8 nitrogen and oxygen atoms in total. The molecule has 2 aromatic carbocycles. The van der Waals surface area contributed by atoms with Gasteiger partial charge in [0, 0.05) is 5.56 Å². The molecule has 0 spiro atoms. The quantitative estimate of drug-likeness (QED) is 0.539. The maximum atomic E-state index is 12.7. The van der Waals surface area contributed by atoms with Gasteiger partial charge in [-0.1, -0.05) is 17.3 Å². The van der Waals surface area contributed by atoms with Gasteiger partial charge in [-0.3, -0.25) is 10.2 Å². The summed E-state index contributed by atoms with van der Waals surface area (Å²) in [6.07, 6.45) is 1.57. The zero-order valence-electron chi connectivity index (χ0n) is 16.3. The number of carbonyl (C=O) groups is 1. The van der Waals surface area contributed by atoms with Crippen molar-refractivity contribution in [3.63, 3.8) is 0 Å². The van der Waals surface area contributed by atoms with Crippen molar-refractivity contribution in [2.24, 2.45) is 0 Å². The third-order valence-corrected chi connectivity index (χ3v) is 4.65. The fourth-order valence-corrected chi connectivity index (χ4v) is 3.01. The van der Waals surface area contributed by atoms with Crippen LogP contribution in [0.4, 0.5) is 0 Å². The first kappa shape index (κ1) is 18.5. The minimum absolute atomic E-state index is 0.288. The predicted octanol–water partition coefficient (Wildman–Crippen LogP) is 3.61. The van der Waals surface area contributed by atoms with E-state index in [1.165, 1.54) is 7.11 Å². The summed E-state index contributed by atoms with van der Waals surface area (Å²) in [7, 11) is 1.53. The first-order valence-corrected chi connectivity index (χ1v) is 9.03. The van der Waals surface area contributed by atoms with Crippen molar-refractivity contribution in [3.05, 3.63) is 71.4 Å². The van der Waals surface area contributed by atoms with Crippen LogP contribution in [-0.4, -0.2) is 27.8 Å². The second-order valence-electron chi connectivity index (χ2n) is 6.50. The number of fused-ring (bicyclic) bond motifs is 1. The van der Waals surface area contributed by atoms with Crippen LogP contribution in [-0.2, 0) is 6.61 Å². The molecule has 0 unspecified atom stereocenters. The van der Waals surface area contributed by atoms with E-state index in [0.717, 1.165) is 22.3 Å². The van der Waals surface area contributed by atoms with Gasteiger partial charge in [0.25, 0.3) is 5.91 Å². The summed E-state index contributed by atoms with van der Waals surface area (Å²) in [6.45, 7) is 3.99. The van der Waals surface area contributed by atoms with Crippen LogP contribution < -0.4 is 14.9 Å². The summed E-state index contributed by atoms with van der Waals surface area (Å²) in [5.74, 6) is 1.41. The van der Waals surface area contributed by atoms with Crippen LogP contribution in [0.5, 0.6) is 11.5 Å². The summed E-state index contributed by atoms with van der Waals surface area (Å²) < 4.78 is 18.0. The molecule has 0 saturated carbocycles. The maximum Gasteiger partial charge on any atom is 0.270 e. The van der Waals surface area contributed by atoms with Gasteiger partial charge in [0.15, 0.2) is 11.5 Å². The molecular weight excluding hydrogens is 372 g/mol. The van der Waals surface area contributed by atoms with Crippen molar-refractivity contribution < 1.29 is 18.8 Å². The van der Waals surface area contributed by atoms with Gasteiger partial charge in [0.1, 0.15) is 18.7 Å². The monoisotopic (exact) mass is 392 g/mol. The van der Waals surface area contributed by atoms with E-state index in [9.17, 15) is 4.79 Å². The van der Waals surface area contributed by atoms with Crippen LogP contribution in [0.15, 0.2) is 53.3 Å². The van der Waals surface area contributed by atoms with Gasteiger partial charge in [-0.2, -0.15) is 0 Å². The number of imidazole rings is 1. The highest BCUT2D eigenvalue weighted by atomic mass is 16.5. The largest absolute Gasteiger partial charge is 0.493 e. The third-order valence-electron chi connectivity index (χ3n) is 4.65. The van der Waals surface area contributed by atoms with Gasteiger partial charge in [0.05, 0.1) is 29.4 Å². The normalized spacial score (nSPS) is 10.9. The molecular formula is C21H20N4O4. The Morgan fingerprint density at radius 3 is 2.76 bits per heavy atom. The molecule has 2 heterocycles. The Morgan fingerprint density at radius 1 is 1.17 bits per heavy atom. The number of para-hydroxylation sites is 2. The number of aryl methyl sites for hydroxylation is 2. The molecule has 0 aliphatic rings. The highest BCUT2D eigenvalue weighted by molar-refractivity contribution is 6.01. The number of amides is 1. The average molecular weight is 392 g/mol. The van der Waals surface area contributed by atoms with Gasteiger partial charge >= 0.3 is 0 Å². The van der Waals surface area contributed by atoms with Crippen molar-refractivity contribution in [1.29, 1.82) is 0 Å². The fourth-order valence-electron chi connectivity index (χ4n) is 3.01. The Kier molecular flexibility index (Phi) is 4.90. The first-order valence-electron chi connectivity index (χ1n) is 9.03. The molecule has 1 N–H and O–H groups in total. The van der Waals surface area contributed by atoms with E-state index in [4.69, 9.17) is 14.0 Å². The lowest BCUT2D eigenvalue weighted by Crippen LogP contribution is -2.22. The summed E-state index contributed by atoms with van der Waals surface area (Å²) in [5.41, 5.74) is 6.54. The highest BCUT2D eigenvalue weighted by Gasteiger charge is 2.15. The molecule has 1 amide bonds. The van der Waals surface area contributed by atoms with E-state index in [1.54, 1.807) is 29.2 Å². The smallest absolute Gasteiger partial charge is 0.270 e. The molecule has 0 saturated heterocycles. The lowest BCUT2D eigenvalue weighted by molar-refractivity contribution is 0.101. The molecule has 4 aromatic rings. The van der Waals surface area contributed by atoms with Gasteiger partial charge in [-0.05, 0) is 44.2 Å². The van der Waals surface area contributed by atoms with E-state index >= 15 is 0 Å². The van der Waals surface area contributed by atoms with Crippen LogP contribution in [0.1, 0.15) is 27.4 Å². The second kappa shape index (κ2) is 7.67. The number of carbonyl (C=O) groups excluding carboxylic acids is 1. The van der Waals surface area contributed by atoms with E-state index in [1.807, 2.05) is 38.1 Å². The zero-order chi connectivity index (χ0) is 20.4. The highest BCUT2D eigenvalue weighted by Crippen LogP contribution is 2.29. The SMILES string of the molecule is COc1cc(C(=O)Nn2cnc3ccccc32)ccc1OCc1c(C)noc1C. The Morgan fingerprint density at radius 2 is 2.00 bits per heavy atom. The second-order valence-corrected chi connectivity index (χ2v) is 6.50. The van der Waals surface area contributed by atoms with Crippen molar-refractivity contribution in [1.82, 2.24) is 14.8 Å². The molecule has 2 aromatic heterocycles. The summed E-state index contributed by atoms with van der Waals surface area (Å²) >= 11 is 0. The molecule has 148 valence electrons.